The van der Waals surface area contributed by atoms with Gasteiger partial charge in [0.15, 0.2) is 0 Å². The second-order valence-corrected chi connectivity index (χ2v) is 4.72. The summed E-state index contributed by atoms with van der Waals surface area (Å²) in [5.74, 6) is 0. The van der Waals surface area contributed by atoms with Crippen LogP contribution in [0.1, 0.15) is 12.6 Å². The average Bonchev–Trinajstić information content (AvgIpc) is 2.68. The highest BCUT2D eigenvalue weighted by molar-refractivity contribution is 14.1. The number of benzene rings is 1. The van der Waals surface area contributed by atoms with E-state index in [2.05, 4.69) is 68.9 Å². The Morgan fingerprint density at radius 1 is 1.38 bits per heavy atom. The minimum Gasteiger partial charge on any atom is -0.310 e. The molecule has 1 heterocycles. The molecule has 0 aliphatic carbocycles. The van der Waals surface area contributed by atoms with Crippen LogP contribution in [0.2, 0.25) is 0 Å². The molecule has 16 heavy (non-hydrogen) atoms. The molecule has 0 aliphatic heterocycles. The number of rotatable bonds is 5. The summed E-state index contributed by atoms with van der Waals surface area (Å²) in [5.41, 5.74) is 2.39. The maximum Gasteiger partial charge on any atom is 0.0841 e. The second-order valence-electron chi connectivity index (χ2n) is 3.65. The van der Waals surface area contributed by atoms with E-state index in [1.54, 1.807) is 0 Å². The molecule has 1 aromatic heterocycles. The molecule has 86 valence electrons. The normalized spacial score (nSPS) is 11.1. The molecule has 2 rings (SSSR count). The van der Waals surface area contributed by atoms with Crippen LogP contribution in [0.5, 0.6) is 0 Å². The molecule has 2 aromatic rings. The highest BCUT2D eigenvalue weighted by Gasteiger charge is 2.07. The summed E-state index contributed by atoms with van der Waals surface area (Å²) in [6.07, 6.45) is 0. The minimum atomic E-state index is 0.858. The van der Waals surface area contributed by atoms with Crippen molar-refractivity contribution in [2.45, 2.75) is 20.0 Å². The highest BCUT2D eigenvalue weighted by Crippen LogP contribution is 2.17. The van der Waals surface area contributed by atoms with Gasteiger partial charge in [0.25, 0.3) is 0 Å². The monoisotopic (exact) mass is 329 g/mol. The Hall–Kier alpha value is -0.620. The predicted octanol–water partition coefficient (Wildman–Crippen LogP) is 2.58. The minimum absolute atomic E-state index is 0.858. The van der Waals surface area contributed by atoms with Gasteiger partial charge in [0, 0.05) is 29.4 Å². The summed E-state index contributed by atoms with van der Waals surface area (Å²) in [6.45, 7) is 4.94. The van der Waals surface area contributed by atoms with Crippen LogP contribution in [-0.2, 0) is 13.1 Å². The van der Waals surface area contributed by atoms with E-state index in [0.717, 1.165) is 29.8 Å². The van der Waals surface area contributed by atoms with Gasteiger partial charge >= 0.3 is 0 Å². The number of hydrogen-bond acceptors (Lipinski definition) is 2. The molecule has 0 saturated carbocycles. The topological polar surface area (TPSA) is 29.9 Å². The summed E-state index contributed by atoms with van der Waals surface area (Å²) in [7, 11) is 0. The van der Waals surface area contributed by atoms with Crippen LogP contribution in [0, 0.1) is 0 Å². The van der Waals surface area contributed by atoms with E-state index in [0.29, 0.717) is 0 Å². The Kier molecular flexibility index (Phi) is 4.17. The van der Waals surface area contributed by atoms with E-state index in [9.17, 15) is 0 Å². The first-order chi connectivity index (χ1) is 7.86. The summed E-state index contributed by atoms with van der Waals surface area (Å²) in [4.78, 5) is 0. The van der Waals surface area contributed by atoms with E-state index in [1.807, 2.05) is 0 Å². The third-order valence-corrected chi connectivity index (χ3v) is 3.14. The lowest BCUT2D eigenvalue weighted by atomic mass is 10.2. The second kappa shape index (κ2) is 5.63. The summed E-state index contributed by atoms with van der Waals surface area (Å²) in [6, 6.07) is 8.42. The average molecular weight is 329 g/mol. The van der Waals surface area contributed by atoms with Crippen molar-refractivity contribution in [1.29, 1.82) is 0 Å². The third kappa shape index (κ3) is 2.38. The summed E-state index contributed by atoms with van der Waals surface area (Å²) < 4.78 is 3.20. The molecule has 0 fully saturated rings. The van der Waals surface area contributed by atoms with E-state index in [4.69, 9.17) is 0 Å². The zero-order chi connectivity index (χ0) is 11.4. The lowest BCUT2D eigenvalue weighted by molar-refractivity contribution is 0.644. The number of nitrogens with zero attached hydrogens (tertiary/aromatic N) is 2. The zero-order valence-electron chi connectivity index (χ0n) is 9.41. The molecule has 0 unspecified atom stereocenters. The van der Waals surface area contributed by atoms with E-state index >= 15 is 0 Å². The molecular formula is C12H16IN3. The number of halogens is 1. The van der Waals surface area contributed by atoms with Crippen molar-refractivity contribution in [3.05, 3.63) is 30.0 Å². The first-order valence-electron chi connectivity index (χ1n) is 5.58. The number of alkyl halides is 1. The molecule has 0 spiro atoms. The van der Waals surface area contributed by atoms with Gasteiger partial charge in [0.1, 0.15) is 0 Å². The van der Waals surface area contributed by atoms with Crippen molar-refractivity contribution < 1.29 is 0 Å². The van der Waals surface area contributed by atoms with Crippen molar-refractivity contribution in [2.75, 3.05) is 11.0 Å². The third-order valence-electron chi connectivity index (χ3n) is 2.60. The highest BCUT2D eigenvalue weighted by atomic mass is 127. The van der Waals surface area contributed by atoms with Gasteiger partial charge < -0.3 is 5.32 Å². The van der Waals surface area contributed by atoms with Gasteiger partial charge in [-0.2, -0.15) is 5.10 Å². The van der Waals surface area contributed by atoms with E-state index < -0.39 is 0 Å². The van der Waals surface area contributed by atoms with Crippen LogP contribution in [-0.4, -0.2) is 20.8 Å². The van der Waals surface area contributed by atoms with Crippen LogP contribution in [0.3, 0.4) is 0 Å². The standard InChI is InChI=1S/C12H16IN3/c1-2-16-12-6-4-3-5-10(12)11(15-16)9-14-8-7-13/h3-6,14H,2,7-9H2,1H3. The van der Waals surface area contributed by atoms with Gasteiger partial charge in [-0.3, -0.25) is 4.68 Å². The van der Waals surface area contributed by atoms with Crippen LogP contribution < -0.4 is 5.32 Å². The Balaban J connectivity index is 2.30. The van der Waals surface area contributed by atoms with Crippen molar-refractivity contribution >= 4 is 33.5 Å². The van der Waals surface area contributed by atoms with E-state index in [-0.39, 0.29) is 0 Å². The molecule has 0 aliphatic rings. The Morgan fingerprint density at radius 3 is 2.94 bits per heavy atom. The molecule has 1 aromatic carbocycles. The Morgan fingerprint density at radius 2 is 2.19 bits per heavy atom. The van der Waals surface area contributed by atoms with Crippen molar-refractivity contribution in [2.24, 2.45) is 0 Å². The smallest absolute Gasteiger partial charge is 0.0841 e. The predicted molar refractivity (Wildman–Crippen MR) is 76.0 cm³/mol. The van der Waals surface area contributed by atoms with Gasteiger partial charge in [-0.15, -0.1) is 0 Å². The molecular weight excluding hydrogens is 313 g/mol. The van der Waals surface area contributed by atoms with Crippen LogP contribution in [0.25, 0.3) is 10.9 Å². The molecule has 0 saturated heterocycles. The largest absolute Gasteiger partial charge is 0.310 e. The fraction of sp³-hybridized carbons (Fsp3) is 0.417. The van der Waals surface area contributed by atoms with Crippen LogP contribution in [0.4, 0.5) is 0 Å². The first-order valence-corrected chi connectivity index (χ1v) is 7.10. The molecule has 4 heteroatoms. The molecule has 1 N–H and O–H groups in total. The number of aryl methyl sites for hydroxylation is 1. The summed E-state index contributed by atoms with van der Waals surface area (Å²) in [5, 5.41) is 9.30. The fourth-order valence-electron chi connectivity index (χ4n) is 1.84. The number of aromatic nitrogens is 2. The Labute approximate surface area is 109 Å². The Bertz CT molecular complexity index is 464. The SMILES string of the molecule is CCn1nc(CNCCI)c2ccccc21. The summed E-state index contributed by atoms with van der Waals surface area (Å²) >= 11 is 2.37. The maximum absolute atomic E-state index is 4.63. The lowest BCUT2D eigenvalue weighted by Gasteiger charge is -1.98. The van der Waals surface area contributed by atoms with Gasteiger partial charge in [-0.1, -0.05) is 40.8 Å². The lowest BCUT2D eigenvalue weighted by Crippen LogP contribution is -2.16. The number of nitrogens with one attached hydrogen (secondary N) is 1. The maximum atomic E-state index is 4.63. The van der Waals surface area contributed by atoms with Gasteiger partial charge in [0.05, 0.1) is 11.2 Å². The number of fused-ring (bicyclic) bond motifs is 1. The number of hydrogen-bond donors (Lipinski definition) is 1. The van der Waals surface area contributed by atoms with Crippen molar-refractivity contribution in [3.8, 4) is 0 Å². The van der Waals surface area contributed by atoms with Gasteiger partial charge in [-0.25, -0.2) is 0 Å². The number of para-hydroxylation sites is 1. The van der Waals surface area contributed by atoms with Crippen molar-refractivity contribution in [1.82, 2.24) is 15.1 Å². The van der Waals surface area contributed by atoms with Crippen LogP contribution >= 0.6 is 22.6 Å². The fourth-order valence-corrected chi connectivity index (χ4v) is 2.22. The zero-order valence-corrected chi connectivity index (χ0v) is 11.6. The molecule has 0 bridgehead atoms. The van der Waals surface area contributed by atoms with E-state index in [1.165, 1.54) is 10.9 Å². The quantitative estimate of drug-likeness (QED) is 0.519. The van der Waals surface area contributed by atoms with Gasteiger partial charge in [-0.05, 0) is 13.0 Å². The van der Waals surface area contributed by atoms with Crippen molar-refractivity contribution in [3.63, 3.8) is 0 Å². The molecule has 0 radical (unpaired) electrons. The van der Waals surface area contributed by atoms with Gasteiger partial charge in [0.2, 0.25) is 0 Å². The molecule has 3 nitrogen and oxygen atoms in total. The van der Waals surface area contributed by atoms with Crippen LogP contribution in [0.15, 0.2) is 24.3 Å². The molecule has 0 amide bonds. The first kappa shape index (κ1) is 11.9. The molecule has 0 atom stereocenters.